The second-order valence-electron chi connectivity index (χ2n) is 4.51. The summed E-state index contributed by atoms with van der Waals surface area (Å²) in [4.78, 5) is 13.9. The molecule has 0 aromatic carbocycles. The fraction of sp³-hybridized carbons (Fsp3) is 0.909. The van der Waals surface area contributed by atoms with E-state index in [1.165, 1.54) is 12.8 Å². The van der Waals surface area contributed by atoms with E-state index in [2.05, 4.69) is 11.8 Å². The van der Waals surface area contributed by atoms with Crippen molar-refractivity contribution in [3.8, 4) is 0 Å². The molecule has 0 bridgehead atoms. The van der Waals surface area contributed by atoms with Crippen molar-refractivity contribution >= 4 is 5.78 Å². The summed E-state index contributed by atoms with van der Waals surface area (Å²) >= 11 is 0. The molecule has 2 aliphatic carbocycles. The highest BCUT2D eigenvalue weighted by Crippen LogP contribution is 2.32. The van der Waals surface area contributed by atoms with Crippen molar-refractivity contribution in [2.45, 2.75) is 32.6 Å². The Kier molecular flexibility index (Phi) is 2.68. The van der Waals surface area contributed by atoms with Gasteiger partial charge in [-0.3, -0.25) is 9.69 Å². The summed E-state index contributed by atoms with van der Waals surface area (Å²) in [7, 11) is 0. The maximum atomic E-state index is 11.5. The Labute approximate surface area is 80.3 Å². The van der Waals surface area contributed by atoms with Crippen LogP contribution in [0.2, 0.25) is 0 Å². The van der Waals surface area contributed by atoms with Crippen molar-refractivity contribution in [2.24, 2.45) is 11.8 Å². The largest absolute Gasteiger partial charge is 0.298 e. The molecule has 2 nitrogen and oxygen atoms in total. The van der Waals surface area contributed by atoms with Crippen molar-refractivity contribution in [3.05, 3.63) is 0 Å². The van der Waals surface area contributed by atoms with Crippen LogP contribution in [0.1, 0.15) is 32.6 Å². The third-order valence-electron chi connectivity index (χ3n) is 3.07. The van der Waals surface area contributed by atoms with Gasteiger partial charge in [0.2, 0.25) is 0 Å². The van der Waals surface area contributed by atoms with E-state index in [-0.39, 0.29) is 0 Å². The van der Waals surface area contributed by atoms with Gasteiger partial charge in [-0.25, -0.2) is 0 Å². The minimum absolute atomic E-state index is 0.438. The van der Waals surface area contributed by atoms with Gasteiger partial charge in [0.15, 0.2) is 0 Å². The molecule has 0 atom stereocenters. The Hall–Kier alpha value is -0.370. The first-order valence-corrected chi connectivity index (χ1v) is 5.54. The lowest BCUT2D eigenvalue weighted by Gasteiger charge is -2.18. The molecule has 0 aliphatic heterocycles. The number of carbonyl (C=O) groups is 1. The van der Waals surface area contributed by atoms with E-state index in [1.54, 1.807) is 0 Å². The summed E-state index contributed by atoms with van der Waals surface area (Å²) in [5.41, 5.74) is 0. The van der Waals surface area contributed by atoms with E-state index in [0.29, 0.717) is 11.7 Å². The van der Waals surface area contributed by atoms with E-state index >= 15 is 0 Å². The van der Waals surface area contributed by atoms with Crippen molar-refractivity contribution in [3.63, 3.8) is 0 Å². The summed E-state index contributed by atoms with van der Waals surface area (Å²) in [6.07, 6.45) is 5.07. The lowest BCUT2D eigenvalue weighted by atomic mass is 10.2. The molecule has 0 saturated heterocycles. The average Bonchev–Trinajstić information content (AvgIpc) is 2.96. The molecule has 0 aromatic heterocycles. The zero-order valence-electron chi connectivity index (χ0n) is 8.46. The first-order valence-electron chi connectivity index (χ1n) is 5.54. The molecule has 0 spiro atoms. The van der Waals surface area contributed by atoms with Gasteiger partial charge in [-0.1, -0.05) is 6.92 Å². The smallest absolute Gasteiger partial charge is 0.149 e. The first-order chi connectivity index (χ1) is 6.29. The highest BCUT2D eigenvalue weighted by atomic mass is 16.1. The van der Waals surface area contributed by atoms with Gasteiger partial charge in [-0.2, -0.15) is 0 Å². The van der Waals surface area contributed by atoms with Crippen LogP contribution in [0.5, 0.6) is 0 Å². The van der Waals surface area contributed by atoms with Crippen molar-refractivity contribution < 1.29 is 4.79 Å². The van der Waals surface area contributed by atoms with E-state index in [9.17, 15) is 4.79 Å². The van der Waals surface area contributed by atoms with Crippen LogP contribution in [0.4, 0.5) is 0 Å². The number of rotatable bonds is 6. The molecule has 0 N–H and O–H groups in total. The Bertz CT molecular complexity index is 194. The number of Topliss-reactive ketones (excluding diaryl/α,β-unsaturated/α-hetero) is 1. The molecule has 0 aromatic rings. The van der Waals surface area contributed by atoms with Gasteiger partial charge >= 0.3 is 0 Å². The molecule has 2 heteroatoms. The quantitative estimate of drug-likeness (QED) is 0.621. The monoisotopic (exact) mass is 181 g/mol. The average molecular weight is 181 g/mol. The van der Waals surface area contributed by atoms with E-state index in [4.69, 9.17) is 0 Å². The molecule has 2 aliphatic rings. The maximum Gasteiger partial charge on any atom is 0.149 e. The van der Waals surface area contributed by atoms with Crippen molar-refractivity contribution in [1.29, 1.82) is 0 Å². The normalized spacial score (nSPS) is 22.3. The number of carbonyl (C=O) groups excluding carboxylic acids is 1. The maximum absolute atomic E-state index is 11.5. The fourth-order valence-electron chi connectivity index (χ4n) is 1.73. The predicted octanol–water partition coefficient (Wildman–Crippen LogP) is 1.70. The van der Waals surface area contributed by atoms with Gasteiger partial charge in [-0.15, -0.1) is 0 Å². The number of ketones is 1. The third-order valence-corrected chi connectivity index (χ3v) is 3.07. The summed E-state index contributed by atoms with van der Waals surface area (Å²) in [6.45, 7) is 5.07. The molecule has 2 saturated carbocycles. The Morgan fingerprint density at radius 2 is 2.00 bits per heavy atom. The van der Waals surface area contributed by atoms with Gasteiger partial charge in [0.05, 0.1) is 6.54 Å². The Morgan fingerprint density at radius 3 is 2.46 bits per heavy atom. The van der Waals surface area contributed by atoms with Crippen LogP contribution >= 0.6 is 0 Å². The Morgan fingerprint density at radius 1 is 1.31 bits per heavy atom. The Balaban J connectivity index is 1.71. The van der Waals surface area contributed by atoms with E-state index in [1.807, 2.05) is 0 Å². The molecule has 2 rings (SSSR count). The minimum atomic E-state index is 0.438. The van der Waals surface area contributed by atoms with Crippen LogP contribution in [0.25, 0.3) is 0 Å². The number of nitrogens with zero attached hydrogens (tertiary/aromatic N) is 1. The van der Waals surface area contributed by atoms with Gasteiger partial charge in [-0.05, 0) is 38.1 Å². The zero-order chi connectivity index (χ0) is 9.26. The first kappa shape index (κ1) is 9.20. The summed E-state index contributed by atoms with van der Waals surface area (Å²) in [5, 5.41) is 0. The molecular weight excluding hydrogens is 162 g/mol. The summed E-state index contributed by atoms with van der Waals surface area (Å²) in [6, 6.07) is 0. The topological polar surface area (TPSA) is 20.3 Å². The number of hydrogen-bond acceptors (Lipinski definition) is 2. The van der Waals surface area contributed by atoms with Crippen molar-refractivity contribution in [1.82, 2.24) is 4.90 Å². The highest BCUT2D eigenvalue weighted by molar-refractivity contribution is 5.84. The van der Waals surface area contributed by atoms with Crippen LogP contribution in [0, 0.1) is 11.8 Å². The lowest BCUT2D eigenvalue weighted by Crippen LogP contribution is -2.32. The fourth-order valence-corrected chi connectivity index (χ4v) is 1.73. The van der Waals surface area contributed by atoms with Crippen LogP contribution in [0.3, 0.4) is 0 Å². The molecule has 0 heterocycles. The predicted molar refractivity (Wildman–Crippen MR) is 52.6 cm³/mol. The van der Waals surface area contributed by atoms with Gasteiger partial charge in [0, 0.05) is 12.5 Å². The molecular formula is C11H19NO. The third kappa shape index (κ3) is 2.80. The van der Waals surface area contributed by atoms with Crippen molar-refractivity contribution in [2.75, 3.05) is 19.6 Å². The molecule has 0 unspecified atom stereocenters. The van der Waals surface area contributed by atoms with Gasteiger partial charge in [0.25, 0.3) is 0 Å². The van der Waals surface area contributed by atoms with Crippen LogP contribution in [-0.4, -0.2) is 30.3 Å². The van der Waals surface area contributed by atoms with Crippen LogP contribution in [0.15, 0.2) is 0 Å². The number of hydrogen-bond donors (Lipinski definition) is 0. The second-order valence-corrected chi connectivity index (χ2v) is 4.51. The molecule has 0 amide bonds. The lowest BCUT2D eigenvalue weighted by molar-refractivity contribution is -0.121. The summed E-state index contributed by atoms with van der Waals surface area (Å²) < 4.78 is 0. The standard InChI is InChI=1S/C11H19NO/c1-2-12(7-9-3-4-9)8-11(13)10-5-6-10/h9-10H,2-8H2,1H3. The molecule has 13 heavy (non-hydrogen) atoms. The highest BCUT2D eigenvalue weighted by Gasteiger charge is 2.31. The molecule has 0 radical (unpaired) electrons. The zero-order valence-corrected chi connectivity index (χ0v) is 8.46. The van der Waals surface area contributed by atoms with Gasteiger partial charge < -0.3 is 0 Å². The minimum Gasteiger partial charge on any atom is -0.298 e. The van der Waals surface area contributed by atoms with Crippen LogP contribution < -0.4 is 0 Å². The molecule has 74 valence electrons. The summed E-state index contributed by atoms with van der Waals surface area (Å²) in [5.74, 6) is 1.84. The van der Waals surface area contributed by atoms with Gasteiger partial charge in [0.1, 0.15) is 5.78 Å². The number of likely N-dealkylation sites (N-methyl/N-ethyl adjacent to an activating group) is 1. The second kappa shape index (κ2) is 3.79. The molecule has 2 fully saturated rings. The van der Waals surface area contributed by atoms with Crippen LogP contribution in [-0.2, 0) is 4.79 Å². The van der Waals surface area contributed by atoms with E-state index < -0.39 is 0 Å². The van der Waals surface area contributed by atoms with E-state index in [0.717, 1.165) is 38.4 Å². The SMILES string of the molecule is CCN(CC(=O)C1CC1)CC1CC1.